The number of phenolic OH excluding ortho intramolecular Hbond substituents is 1. The topological polar surface area (TPSA) is 86.2 Å². The predicted molar refractivity (Wildman–Crippen MR) is 94.3 cm³/mol. The van der Waals surface area contributed by atoms with E-state index in [0.717, 1.165) is 32.7 Å². The summed E-state index contributed by atoms with van der Waals surface area (Å²) in [6.45, 7) is 5.23. The predicted octanol–water partition coefficient (Wildman–Crippen LogP) is 1.26. The highest BCUT2D eigenvalue weighted by atomic mass is 16.5. The van der Waals surface area contributed by atoms with E-state index >= 15 is 0 Å². The van der Waals surface area contributed by atoms with Crippen molar-refractivity contribution in [3.8, 4) is 5.75 Å². The van der Waals surface area contributed by atoms with E-state index < -0.39 is 0 Å². The minimum Gasteiger partial charge on any atom is -0.508 e. The van der Waals surface area contributed by atoms with Crippen LogP contribution in [0.2, 0.25) is 0 Å². The summed E-state index contributed by atoms with van der Waals surface area (Å²) in [4.78, 5) is 18.5. The Labute approximate surface area is 142 Å². The van der Waals surface area contributed by atoms with Crippen LogP contribution in [-0.2, 0) is 9.53 Å². The van der Waals surface area contributed by atoms with E-state index in [2.05, 4.69) is 15.6 Å². The maximum Gasteiger partial charge on any atom is 0.246 e. The smallest absolute Gasteiger partial charge is 0.246 e. The maximum absolute atomic E-state index is 12.0. The summed E-state index contributed by atoms with van der Waals surface area (Å²) in [6.07, 6.45) is 1.06. The van der Waals surface area contributed by atoms with Crippen molar-refractivity contribution in [3.05, 3.63) is 24.3 Å². The third kappa shape index (κ3) is 5.73. The highest BCUT2D eigenvalue weighted by Crippen LogP contribution is 2.14. The second kappa shape index (κ2) is 9.12. The largest absolute Gasteiger partial charge is 0.508 e. The molecular weight excluding hydrogens is 308 g/mol. The van der Waals surface area contributed by atoms with Crippen molar-refractivity contribution >= 4 is 17.6 Å². The monoisotopic (exact) mass is 334 g/mol. The summed E-state index contributed by atoms with van der Waals surface area (Å²) >= 11 is 0. The van der Waals surface area contributed by atoms with Gasteiger partial charge in [0.1, 0.15) is 12.3 Å². The number of ether oxygens (including phenoxy) is 1. The van der Waals surface area contributed by atoms with E-state index in [9.17, 15) is 9.90 Å². The molecule has 1 fully saturated rings. The van der Waals surface area contributed by atoms with Crippen LogP contribution in [0.1, 0.15) is 13.3 Å². The molecule has 3 N–H and O–H groups in total. The van der Waals surface area contributed by atoms with Gasteiger partial charge in [-0.3, -0.25) is 4.79 Å². The number of amides is 1. The van der Waals surface area contributed by atoms with Crippen LogP contribution < -0.4 is 10.6 Å². The quantitative estimate of drug-likeness (QED) is 0.414. The molecule has 1 aliphatic rings. The molecule has 1 amide bonds. The summed E-state index contributed by atoms with van der Waals surface area (Å²) < 4.78 is 5.40. The van der Waals surface area contributed by atoms with Crippen LogP contribution >= 0.6 is 0 Å². The van der Waals surface area contributed by atoms with Crippen molar-refractivity contribution in [2.75, 3.05) is 45.2 Å². The minimum atomic E-state index is -0.200. The Balaban J connectivity index is 1.88. The lowest BCUT2D eigenvalue weighted by atomic mass is 10.1. The number of rotatable bonds is 6. The summed E-state index contributed by atoms with van der Waals surface area (Å²) in [5.74, 6) is 1.18. The first-order chi connectivity index (χ1) is 11.6. The molecule has 24 heavy (non-hydrogen) atoms. The molecule has 2 rings (SSSR count). The van der Waals surface area contributed by atoms with Crippen LogP contribution in [-0.4, -0.2) is 61.8 Å². The van der Waals surface area contributed by atoms with Crippen LogP contribution in [0.15, 0.2) is 29.3 Å². The number of phenols is 1. The van der Waals surface area contributed by atoms with Gasteiger partial charge in [0.25, 0.3) is 0 Å². The number of guanidine groups is 1. The third-order valence-electron chi connectivity index (χ3n) is 3.78. The van der Waals surface area contributed by atoms with Crippen LogP contribution in [0, 0.1) is 5.92 Å². The third-order valence-corrected chi connectivity index (χ3v) is 3.78. The average Bonchev–Trinajstić information content (AvgIpc) is 3.06. The van der Waals surface area contributed by atoms with Gasteiger partial charge in [-0.15, -0.1) is 0 Å². The van der Waals surface area contributed by atoms with Gasteiger partial charge in [-0.2, -0.15) is 0 Å². The zero-order chi connectivity index (χ0) is 17.4. The molecule has 0 bridgehead atoms. The molecule has 0 aliphatic carbocycles. The van der Waals surface area contributed by atoms with Gasteiger partial charge in [-0.1, -0.05) is 0 Å². The van der Waals surface area contributed by atoms with E-state index in [-0.39, 0.29) is 18.2 Å². The second-order valence-electron chi connectivity index (χ2n) is 5.88. The zero-order valence-corrected chi connectivity index (χ0v) is 14.3. The van der Waals surface area contributed by atoms with Crippen LogP contribution in [0.25, 0.3) is 0 Å². The van der Waals surface area contributed by atoms with E-state index in [1.165, 1.54) is 12.1 Å². The first-order valence-corrected chi connectivity index (χ1v) is 8.24. The fourth-order valence-electron chi connectivity index (χ4n) is 2.56. The van der Waals surface area contributed by atoms with Crippen molar-refractivity contribution in [1.29, 1.82) is 0 Å². The van der Waals surface area contributed by atoms with Crippen LogP contribution in [0.3, 0.4) is 0 Å². The highest BCUT2D eigenvalue weighted by molar-refractivity contribution is 5.94. The molecule has 132 valence electrons. The summed E-state index contributed by atoms with van der Waals surface area (Å²) in [6, 6.07) is 6.35. The SMILES string of the molecule is CCNC(=NCC(=O)Nc1ccc(O)cc1)N(C)CC1CCOC1. The molecule has 0 radical (unpaired) electrons. The Bertz CT molecular complexity index is 553. The molecule has 1 unspecified atom stereocenters. The van der Waals surface area contributed by atoms with Gasteiger partial charge in [0.2, 0.25) is 5.91 Å². The van der Waals surface area contributed by atoms with Crippen molar-refractivity contribution in [2.24, 2.45) is 10.9 Å². The standard InChI is InChI=1S/C17H26N4O3/c1-3-18-17(21(2)11-13-8-9-24-12-13)19-10-16(23)20-14-4-6-15(22)7-5-14/h4-7,13,22H,3,8-12H2,1-2H3,(H,18,19)(H,20,23). The molecule has 1 aromatic rings. The fourth-order valence-corrected chi connectivity index (χ4v) is 2.56. The van der Waals surface area contributed by atoms with E-state index in [1.54, 1.807) is 12.1 Å². The first kappa shape index (κ1) is 18.1. The number of nitrogens with one attached hydrogen (secondary N) is 2. The molecule has 1 aliphatic heterocycles. The fraction of sp³-hybridized carbons (Fsp3) is 0.529. The zero-order valence-electron chi connectivity index (χ0n) is 14.3. The Hall–Kier alpha value is -2.28. The van der Waals surface area contributed by atoms with Gasteiger partial charge in [-0.05, 0) is 37.6 Å². The molecule has 1 aromatic carbocycles. The number of benzene rings is 1. The number of aliphatic imine (C=N–C) groups is 1. The first-order valence-electron chi connectivity index (χ1n) is 8.24. The normalized spacial score (nSPS) is 17.6. The number of carbonyl (C=O) groups excluding carboxylic acids is 1. The number of anilines is 1. The summed E-state index contributed by atoms with van der Waals surface area (Å²) in [5, 5.41) is 15.2. The Kier molecular flexibility index (Phi) is 6.87. The van der Waals surface area contributed by atoms with Gasteiger partial charge in [0.15, 0.2) is 5.96 Å². The number of aromatic hydroxyl groups is 1. The number of carbonyl (C=O) groups is 1. The van der Waals surface area contributed by atoms with E-state index in [0.29, 0.717) is 17.6 Å². The Morgan fingerprint density at radius 3 is 2.79 bits per heavy atom. The lowest BCUT2D eigenvalue weighted by Gasteiger charge is -2.24. The summed E-state index contributed by atoms with van der Waals surface area (Å²) in [7, 11) is 1.97. The molecular formula is C17H26N4O3. The number of nitrogens with zero attached hydrogens (tertiary/aromatic N) is 2. The van der Waals surface area contributed by atoms with Gasteiger partial charge in [0.05, 0.1) is 6.61 Å². The number of hydrogen-bond acceptors (Lipinski definition) is 4. The molecule has 1 saturated heterocycles. The second-order valence-corrected chi connectivity index (χ2v) is 5.88. The van der Waals surface area contributed by atoms with Crippen molar-refractivity contribution in [1.82, 2.24) is 10.2 Å². The lowest BCUT2D eigenvalue weighted by molar-refractivity contribution is -0.114. The lowest BCUT2D eigenvalue weighted by Crippen LogP contribution is -2.42. The molecule has 1 heterocycles. The van der Waals surface area contributed by atoms with Crippen molar-refractivity contribution in [2.45, 2.75) is 13.3 Å². The van der Waals surface area contributed by atoms with E-state index in [1.807, 2.05) is 18.9 Å². The minimum absolute atomic E-state index is 0.0364. The van der Waals surface area contributed by atoms with E-state index in [4.69, 9.17) is 4.74 Å². The maximum atomic E-state index is 12.0. The van der Waals surface area contributed by atoms with Gasteiger partial charge in [0, 0.05) is 38.3 Å². The molecule has 0 spiro atoms. The van der Waals surface area contributed by atoms with Crippen molar-refractivity contribution in [3.63, 3.8) is 0 Å². The average molecular weight is 334 g/mol. The molecule has 1 atom stereocenters. The van der Waals surface area contributed by atoms with Gasteiger partial charge >= 0.3 is 0 Å². The van der Waals surface area contributed by atoms with Crippen LogP contribution in [0.5, 0.6) is 5.75 Å². The van der Waals surface area contributed by atoms with Gasteiger partial charge < -0.3 is 25.4 Å². The molecule has 0 saturated carbocycles. The molecule has 7 heteroatoms. The van der Waals surface area contributed by atoms with Crippen LogP contribution in [0.4, 0.5) is 5.69 Å². The summed E-state index contributed by atoms with van der Waals surface area (Å²) in [5.41, 5.74) is 0.634. The highest BCUT2D eigenvalue weighted by Gasteiger charge is 2.19. The molecule has 7 nitrogen and oxygen atoms in total. The van der Waals surface area contributed by atoms with Gasteiger partial charge in [-0.25, -0.2) is 4.99 Å². The van der Waals surface area contributed by atoms with Crippen molar-refractivity contribution < 1.29 is 14.6 Å². The molecule has 0 aromatic heterocycles. The number of hydrogen-bond donors (Lipinski definition) is 3. The Morgan fingerprint density at radius 2 is 2.17 bits per heavy atom. The Morgan fingerprint density at radius 1 is 1.42 bits per heavy atom.